The van der Waals surface area contributed by atoms with Crippen LogP contribution in [0.4, 0.5) is 0 Å². The molecule has 182 valence electrons. The molecule has 6 nitrogen and oxygen atoms in total. The van der Waals surface area contributed by atoms with Gasteiger partial charge in [0.2, 0.25) is 0 Å². The number of nitrogens with zero attached hydrogens (tertiary/aromatic N) is 2. The van der Waals surface area contributed by atoms with Crippen LogP contribution in [0.1, 0.15) is 36.5 Å². The summed E-state index contributed by atoms with van der Waals surface area (Å²) >= 11 is 0. The van der Waals surface area contributed by atoms with E-state index in [4.69, 9.17) is 14.5 Å². The summed E-state index contributed by atoms with van der Waals surface area (Å²) in [7, 11) is 2.18. The van der Waals surface area contributed by atoms with Crippen LogP contribution in [0.5, 0.6) is 5.75 Å². The Morgan fingerprint density at radius 2 is 1.85 bits per heavy atom. The lowest BCUT2D eigenvalue weighted by Gasteiger charge is -2.31. The summed E-state index contributed by atoms with van der Waals surface area (Å²) in [5.74, 6) is 1.73. The number of ether oxygens (including phenoxy) is 2. The van der Waals surface area contributed by atoms with Gasteiger partial charge < -0.3 is 20.1 Å². The first-order chi connectivity index (χ1) is 15.6. The molecule has 0 spiro atoms. The number of rotatable bonds is 10. The highest BCUT2D eigenvalue weighted by Gasteiger charge is 2.17. The SMILES string of the molecule is CCNC(=NCc1cccc(C)c1)NCc1cccc(OCCN(C)C2CCOCC2)c1.I. The van der Waals surface area contributed by atoms with Crippen molar-refractivity contribution in [2.75, 3.05) is 40.0 Å². The predicted molar refractivity (Wildman–Crippen MR) is 147 cm³/mol. The smallest absolute Gasteiger partial charge is 0.191 e. The van der Waals surface area contributed by atoms with Crippen molar-refractivity contribution in [1.29, 1.82) is 0 Å². The first kappa shape index (κ1) is 27.4. The van der Waals surface area contributed by atoms with Crippen molar-refractivity contribution in [3.8, 4) is 5.75 Å². The number of aliphatic imine (C=N–C) groups is 1. The van der Waals surface area contributed by atoms with Gasteiger partial charge in [-0.1, -0.05) is 42.0 Å². The third kappa shape index (κ3) is 9.90. The Hall–Kier alpha value is -1.84. The van der Waals surface area contributed by atoms with Crippen LogP contribution in [0.25, 0.3) is 0 Å². The standard InChI is InChI=1S/C26H38N4O2.HI/c1-4-27-26(28-19-22-8-5-7-21(2)17-22)29-20-23-9-6-10-25(18-23)32-16-13-30(3)24-11-14-31-15-12-24;/h5-10,17-18,24H,4,11-16,19-20H2,1-3H3,(H2,27,28,29);1H. The molecule has 0 aliphatic carbocycles. The van der Waals surface area contributed by atoms with Crippen molar-refractivity contribution < 1.29 is 9.47 Å². The monoisotopic (exact) mass is 566 g/mol. The number of aryl methyl sites for hydroxylation is 1. The second kappa shape index (κ2) is 15.1. The average Bonchev–Trinajstić information content (AvgIpc) is 2.82. The third-order valence-electron chi connectivity index (χ3n) is 5.73. The fourth-order valence-corrected chi connectivity index (χ4v) is 3.87. The Labute approximate surface area is 216 Å². The Balaban J connectivity index is 0.00000385. The molecule has 0 atom stereocenters. The molecule has 2 N–H and O–H groups in total. The van der Waals surface area contributed by atoms with E-state index in [-0.39, 0.29) is 24.0 Å². The van der Waals surface area contributed by atoms with Gasteiger partial charge in [0.1, 0.15) is 12.4 Å². The zero-order valence-electron chi connectivity index (χ0n) is 20.2. The van der Waals surface area contributed by atoms with Gasteiger partial charge in [-0.2, -0.15) is 0 Å². The van der Waals surface area contributed by atoms with E-state index >= 15 is 0 Å². The maximum absolute atomic E-state index is 6.03. The first-order valence-corrected chi connectivity index (χ1v) is 11.7. The lowest BCUT2D eigenvalue weighted by atomic mass is 10.1. The third-order valence-corrected chi connectivity index (χ3v) is 5.73. The van der Waals surface area contributed by atoms with Gasteiger partial charge in [-0.15, -0.1) is 24.0 Å². The number of guanidine groups is 1. The van der Waals surface area contributed by atoms with Crippen LogP contribution in [0.15, 0.2) is 53.5 Å². The fraction of sp³-hybridized carbons (Fsp3) is 0.500. The molecule has 3 rings (SSSR count). The minimum absolute atomic E-state index is 0. The number of hydrogen-bond donors (Lipinski definition) is 2. The molecule has 1 fully saturated rings. The number of halogens is 1. The molecule has 0 bridgehead atoms. The van der Waals surface area contributed by atoms with Gasteiger partial charge >= 0.3 is 0 Å². The highest BCUT2D eigenvalue weighted by molar-refractivity contribution is 14.0. The molecule has 1 saturated heterocycles. The van der Waals surface area contributed by atoms with E-state index in [9.17, 15) is 0 Å². The van der Waals surface area contributed by atoms with Gasteiger partial charge in [0.25, 0.3) is 0 Å². The molecule has 0 unspecified atom stereocenters. The molecular formula is C26H39IN4O2. The van der Waals surface area contributed by atoms with Gasteiger partial charge in [0.05, 0.1) is 6.54 Å². The fourth-order valence-electron chi connectivity index (χ4n) is 3.87. The van der Waals surface area contributed by atoms with Crippen LogP contribution in [0, 0.1) is 6.92 Å². The maximum atomic E-state index is 6.03. The molecule has 0 radical (unpaired) electrons. The van der Waals surface area contributed by atoms with E-state index in [0.717, 1.165) is 50.9 Å². The topological polar surface area (TPSA) is 58.1 Å². The molecule has 7 heteroatoms. The molecule has 0 amide bonds. The Morgan fingerprint density at radius 3 is 2.61 bits per heavy atom. The van der Waals surface area contributed by atoms with Crippen LogP contribution in [0.2, 0.25) is 0 Å². The lowest BCUT2D eigenvalue weighted by Crippen LogP contribution is -2.38. The molecule has 1 heterocycles. The Bertz CT molecular complexity index is 856. The number of hydrogen-bond acceptors (Lipinski definition) is 4. The highest BCUT2D eigenvalue weighted by atomic mass is 127. The number of benzene rings is 2. The van der Waals surface area contributed by atoms with Crippen molar-refractivity contribution in [1.82, 2.24) is 15.5 Å². The van der Waals surface area contributed by atoms with Crippen molar-refractivity contribution in [2.24, 2.45) is 4.99 Å². The van der Waals surface area contributed by atoms with Crippen LogP contribution >= 0.6 is 24.0 Å². The van der Waals surface area contributed by atoms with E-state index in [1.54, 1.807) is 0 Å². The minimum Gasteiger partial charge on any atom is -0.492 e. The van der Waals surface area contributed by atoms with Crippen LogP contribution in [-0.4, -0.2) is 56.9 Å². The van der Waals surface area contributed by atoms with E-state index in [1.807, 2.05) is 12.1 Å². The quantitative estimate of drug-likeness (QED) is 0.255. The predicted octanol–water partition coefficient (Wildman–Crippen LogP) is 4.36. The molecule has 0 saturated carbocycles. The number of nitrogens with one attached hydrogen (secondary N) is 2. The normalized spacial score (nSPS) is 14.6. The summed E-state index contributed by atoms with van der Waals surface area (Å²) < 4.78 is 11.5. The van der Waals surface area contributed by atoms with Crippen LogP contribution < -0.4 is 15.4 Å². The molecule has 1 aliphatic heterocycles. The van der Waals surface area contributed by atoms with Crippen molar-refractivity contribution in [2.45, 2.75) is 45.8 Å². The number of likely N-dealkylation sites (N-methyl/N-ethyl adjacent to an activating group) is 1. The largest absolute Gasteiger partial charge is 0.492 e. The van der Waals surface area contributed by atoms with Crippen LogP contribution in [-0.2, 0) is 17.8 Å². The van der Waals surface area contributed by atoms with Crippen molar-refractivity contribution in [3.63, 3.8) is 0 Å². The van der Waals surface area contributed by atoms with E-state index in [2.05, 4.69) is 72.8 Å². The minimum atomic E-state index is 0. The van der Waals surface area contributed by atoms with Gasteiger partial charge in [-0.3, -0.25) is 4.90 Å². The summed E-state index contributed by atoms with van der Waals surface area (Å²) in [6.45, 7) is 9.70. The van der Waals surface area contributed by atoms with Gasteiger partial charge in [-0.05, 0) is 57.0 Å². The summed E-state index contributed by atoms with van der Waals surface area (Å²) in [6.07, 6.45) is 2.22. The Kier molecular flexibility index (Phi) is 12.6. The Morgan fingerprint density at radius 1 is 1.09 bits per heavy atom. The van der Waals surface area contributed by atoms with Gasteiger partial charge in [0.15, 0.2) is 5.96 Å². The molecule has 1 aliphatic rings. The summed E-state index contributed by atoms with van der Waals surface area (Å²) in [5.41, 5.74) is 3.64. The molecule has 2 aromatic carbocycles. The zero-order chi connectivity index (χ0) is 22.6. The molecular weight excluding hydrogens is 527 g/mol. The second-order valence-corrected chi connectivity index (χ2v) is 8.36. The second-order valence-electron chi connectivity index (χ2n) is 8.36. The summed E-state index contributed by atoms with van der Waals surface area (Å²) in [6, 6.07) is 17.4. The lowest BCUT2D eigenvalue weighted by molar-refractivity contribution is 0.0392. The van der Waals surface area contributed by atoms with Crippen molar-refractivity contribution in [3.05, 3.63) is 65.2 Å². The molecule has 33 heavy (non-hydrogen) atoms. The molecule has 2 aromatic rings. The maximum Gasteiger partial charge on any atom is 0.191 e. The first-order valence-electron chi connectivity index (χ1n) is 11.7. The zero-order valence-corrected chi connectivity index (χ0v) is 22.5. The van der Waals surface area contributed by atoms with Crippen LogP contribution in [0.3, 0.4) is 0 Å². The average molecular weight is 567 g/mol. The van der Waals surface area contributed by atoms with E-state index in [1.165, 1.54) is 16.7 Å². The summed E-state index contributed by atoms with van der Waals surface area (Å²) in [4.78, 5) is 7.11. The van der Waals surface area contributed by atoms with Crippen molar-refractivity contribution >= 4 is 29.9 Å². The van der Waals surface area contributed by atoms with Gasteiger partial charge in [0, 0.05) is 38.9 Å². The van der Waals surface area contributed by atoms with E-state index in [0.29, 0.717) is 25.7 Å². The van der Waals surface area contributed by atoms with Gasteiger partial charge in [-0.25, -0.2) is 4.99 Å². The molecule has 0 aromatic heterocycles. The summed E-state index contributed by atoms with van der Waals surface area (Å²) in [5, 5.41) is 6.75. The highest BCUT2D eigenvalue weighted by Crippen LogP contribution is 2.15. The van der Waals surface area contributed by atoms with E-state index < -0.39 is 0 Å².